The fourth-order valence-electron chi connectivity index (χ4n) is 1.77. The molecule has 2 aromatic carbocycles. The van der Waals surface area contributed by atoms with Crippen LogP contribution in [0.5, 0.6) is 5.75 Å². The number of hydrogen-bond acceptors (Lipinski definition) is 2. The van der Waals surface area contributed by atoms with Crippen molar-refractivity contribution in [3.05, 3.63) is 58.1 Å². The van der Waals surface area contributed by atoms with Gasteiger partial charge in [0.2, 0.25) is 0 Å². The number of methoxy groups -OCH3 is 1. The van der Waals surface area contributed by atoms with Crippen LogP contribution in [-0.4, -0.2) is 13.1 Å². The molecule has 2 rings (SSSR count). The van der Waals surface area contributed by atoms with E-state index in [0.29, 0.717) is 22.3 Å². The van der Waals surface area contributed by atoms with E-state index in [4.69, 9.17) is 27.9 Å². The zero-order chi connectivity index (χ0) is 15.2. The number of nitrogens with one attached hydrogen (secondary N) is 2. The Kier molecular flexibility index (Phi) is 5.31. The average Bonchev–Trinajstić information content (AvgIpc) is 2.49. The van der Waals surface area contributed by atoms with Crippen molar-refractivity contribution in [2.24, 2.45) is 0 Å². The molecule has 21 heavy (non-hydrogen) atoms. The first-order valence-electron chi connectivity index (χ1n) is 6.22. The minimum absolute atomic E-state index is 0.334. The van der Waals surface area contributed by atoms with Gasteiger partial charge in [-0.2, -0.15) is 0 Å². The molecule has 0 bridgehead atoms. The summed E-state index contributed by atoms with van der Waals surface area (Å²) in [5.74, 6) is 0.729. The van der Waals surface area contributed by atoms with Crippen LogP contribution in [0.1, 0.15) is 5.56 Å². The Bertz CT molecular complexity index is 647. The Morgan fingerprint density at radius 1 is 1.14 bits per heavy atom. The fraction of sp³-hybridized carbons (Fsp3) is 0.133. The summed E-state index contributed by atoms with van der Waals surface area (Å²) in [7, 11) is 1.59. The van der Waals surface area contributed by atoms with E-state index >= 15 is 0 Å². The Hall–Kier alpha value is -1.91. The van der Waals surface area contributed by atoms with Gasteiger partial charge in [0.05, 0.1) is 17.2 Å². The van der Waals surface area contributed by atoms with Gasteiger partial charge < -0.3 is 15.4 Å². The molecular weight excluding hydrogens is 311 g/mol. The first-order chi connectivity index (χ1) is 10.1. The SMILES string of the molecule is COc1ccccc1CNC(=O)Nc1ccc(Cl)c(Cl)c1. The minimum Gasteiger partial charge on any atom is -0.496 e. The molecule has 0 aliphatic rings. The van der Waals surface area contributed by atoms with Gasteiger partial charge in [0.15, 0.2) is 0 Å². The highest BCUT2D eigenvalue weighted by molar-refractivity contribution is 6.42. The van der Waals surface area contributed by atoms with Crippen LogP contribution in [0.4, 0.5) is 10.5 Å². The number of carbonyl (C=O) groups excluding carboxylic acids is 1. The molecule has 0 atom stereocenters. The number of ether oxygens (including phenoxy) is 1. The molecule has 0 aliphatic heterocycles. The fourth-order valence-corrected chi connectivity index (χ4v) is 2.07. The lowest BCUT2D eigenvalue weighted by molar-refractivity contribution is 0.251. The number of carbonyl (C=O) groups is 1. The van der Waals surface area contributed by atoms with E-state index in [9.17, 15) is 4.79 Å². The second kappa shape index (κ2) is 7.20. The standard InChI is InChI=1S/C15H14Cl2N2O2/c1-21-14-5-3-2-4-10(14)9-18-15(20)19-11-6-7-12(16)13(17)8-11/h2-8H,9H2,1H3,(H2,18,19,20). The van der Waals surface area contributed by atoms with Crippen molar-refractivity contribution in [3.63, 3.8) is 0 Å². The molecule has 0 aromatic heterocycles. The number of halogens is 2. The van der Waals surface area contributed by atoms with Gasteiger partial charge in [0, 0.05) is 17.8 Å². The van der Waals surface area contributed by atoms with Gasteiger partial charge >= 0.3 is 6.03 Å². The Balaban J connectivity index is 1.94. The van der Waals surface area contributed by atoms with Gasteiger partial charge in [-0.25, -0.2) is 4.79 Å². The molecule has 0 unspecified atom stereocenters. The summed E-state index contributed by atoms with van der Waals surface area (Å²) in [6.45, 7) is 0.358. The molecule has 0 saturated carbocycles. The summed E-state index contributed by atoms with van der Waals surface area (Å²) in [4.78, 5) is 11.8. The molecule has 2 N–H and O–H groups in total. The van der Waals surface area contributed by atoms with Gasteiger partial charge in [-0.3, -0.25) is 0 Å². The summed E-state index contributed by atoms with van der Waals surface area (Å²) < 4.78 is 5.22. The van der Waals surface area contributed by atoms with E-state index < -0.39 is 0 Å². The number of hydrogen-bond donors (Lipinski definition) is 2. The summed E-state index contributed by atoms with van der Waals surface area (Å²) >= 11 is 11.7. The maximum Gasteiger partial charge on any atom is 0.319 e. The minimum atomic E-state index is -0.334. The van der Waals surface area contributed by atoms with Crippen molar-refractivity contribution in [1.29, 1.82) is 0 Å². The lowest BCUT2D eigenvalue weighted by atomic mass is 10.2. The third-order valence-electron chi connectivity index (χ3n) is 2.81. The van der Waals surface area contributed by atoms with Crippen molar-refractivity contribution in [2.75, 3.05) is 12.4 Å². The second-order valence-corrected chi connectivity index (χ2v) is 5.06. The third kappa shape index (κ3) is 4.28. The molecule has 0 radical (unpaired) electrons. The van der Waals surface area contributed by atoms with Gasteiger partial charge in [0.1, 0.15) is 5.75 Å². The molecule has 0 aliphatic carbocycles. The van der Waals surface area contributed by atoms with Gasteiger partial charge in [-0.15, -0.1) is 0 Å². The van der Waals surface area contributed by atoms with E-state index in [1.165, 1.54) is 0 Å². The summed E-state index contributed by atoms with van der Waals surface area (Å²) in [6.07, 6.45) is 0. The normalized spacial score (nSPS) is 10.0. The zero-order valence-electron chi connectivity index (χ0n) is 11.3. The predicted octanol–water partition coefficient (Wildman–Crippen LogP) is 4.32. The topological polar surface area (TPSA) is 50.4 Å². The molecule has 0 heterocycles. The maximum absolute atomic E-state index is 11.8. The Morgan fingerprint density at radius 2 is 1.90 bits per heavy atom. The average molecular weight is 325 g/mol. The highest BCUT2D eigenvalue weighted by Gasteiger charge is 2.06. The van der Waals surface area contributed by atoms with Gasteiger partial charge in [0.25, 0.3) is 0 Å². The lowest BCUT2D eigenvalue weighted by Gasteiger charge is -2.11. The Labute approximate surface area is 133 Å². The monoisotopic (exact) mass is 324 g/mol. The number of amides is 2. The highest BCUT2D eigenvalue weighted by atomic mass is 35.5. The number of rotatable bonds is 4. The van der Waals surface area contributed by atoms with Crippen LogP contribution < -0.4 is 15.4 Å². The molecule has 0 spiro atoms. The van der Waals surface area contributed by atoms with Crippen LogP contribution in [0.15, 0.2) is 42.5 Å². The van der Waals surface area contributed by atoms with Crippen molar-refractivity contribution in [3.8, 4) is 5.75 Å². The molecule has 4 nitrogen and oxygen atoms in total. The molecule has 0 fully saturated rings. The molecule has 2 aromatic rings. The van der Waals surface area contributed by atoms with E-state index in [-0.39, 0.29) is 6.03 Å². The van der Waals surface area contributed by atoms with Gasteiger partial charge in [-0.1, -0.05) is 41.4 Å². The number of para-hydroxylation sites is 1. The molecule has 0 saturated heterocycles. The van der Waals surface area contributed by atoms with E-state index in [2.05, 4.69) is 10.6 Å². The summed E-state index contributed by atoms with van der Waals surface area (Å²) in [5, 5.41) is 6.26. The largest absolute Gasteiger partial charge is 0.496 e. The van der Waals surface area contributed by atoms with Crippen LogP contribution >= 0.6 is 23.2 Å². The van der Waals surface area contributed by atoms with Crippen LogP contribution in [0.3, 0.4) is 0 Å². The smallest absolute Gasteiger partial charge is 0.319 e. The number of anilines is 1. The third-order valence-corrected chi connectivity index (χ3v) is 3.55. The zero-order valence-corrected chi connectivity index (χ0v) is 12.8. The summed E-state index contributed by atoms with van der Waals surface area (Å²) in [5.41, 5.74) is 1.46. The molecule has 6 heteroatoms. The van der Waals surface area contributed by atoms with Gasteiger partial charge in [-0.05, 0) is 24.3 Å². The summed E-state index contributed by atoms with van der Waals surface area (Å²) in [6, 6.07) is 12.0. The first kappa shape index (κ1) is 15.5. The Morgan fingerprint density at radius 3 is 2.62 bits per heavy atom. The van der Waals surface area contributed by atoms with Crippen molar-refractivity contribution in [2.45, 2.75) is 6.54 Å². The molecular formula is C15H14Cl2N2O2. The van der Waals surface area contributed by atoms with Crippen LogP contribution in [-0.2, 0) is 6.54 Å². The number of benzene rings is 2. The maximum atomic E-state index is 11.8. The van der Waals surface area contributed by atoms with Crippen LogP contribution in [0, 0.1) is 0 Å². The van der Waals surface area contributed by atoms with Crippen LogP contribution in [0.25, 0.3) is 0 Å². The quantitative estimate of drug-likeness (QED) is 0.879. The van der Waals surface area contributed by atoms with Crippen molar-refractivity contribution >= 4 is 34.9 Å². The van der Waals surface area contributed by atoms with Crippen molar-refractivity contribution in [1.82, 2.24) is 5.32 Å². The van der Waals surface area contributed by atoms with E-state index in [1.807, 2.05) is 24.3 Å². The molecule has 110 valence electrons. The lowest BCUT2D eigenvalue weighted by Crippen LogP contribution is -2.28. The number of urea groups is 1. The van der Waals surface area contributed by atoms with E-state index in [0.717, 1.165) is 11.3 Å². The van der Waals surface area contributed by atoms with Crippen LogP contribution in [0.2, 0.25) is 10.0 Å². The highest BCUT2D eigenvalue weighted by Crippen LogP contribution is 2.25. The first-order valence-corrected chi connectivity index (χ1v) is 6.97. The second-order valence-electron chi connectivity index (χ2n) is 4.25. The van der Waals surface area contributed by atoms with E-state index in [1.54, 1.807) is 25.3 Å². The molecule has 2 amide bonds. The van der Waals surface area contributed by atoms with Crippen molar-refractivity contribution < 1.29 is 9.53 Å². The predicted molar refractivity (Wildman–Crippen MR) is 85.3 cm³/mol.